The molecule has 1 aliphatic heterocycles. The van der Waals surface area contributed by atoms with Gasteiger partial charge in [0, 0.05) is 25.0 Å². The van der Waals surface area contributed by atoms with Crippen LogP contribution in [0.3, 0.4) is 0 Å². The SMILES string of the molecule is C[Si](C)(C)COCCN1CCCc2ccccc21. The molecule has 0 spiro atoms. The lowest BCUT2D eigenvalue weighted by molar-refractivity contribution is 0.179. The highest BCUT2D eigenvalue weighted by atomic mass is 28.3. The molecule has 100 valence electrons. The predicted molar refractivity (Wildman–Crippen MR) is 81.1 cm³/mol. The maximum Gasteiger partial charge on any atom is 0.0746 e. The maximum absolute atomic E-state index is 5.84. The lowest BCUT2D eigenvalue weighted by Crippen LogP contribution is -2.34. The number of hydrogen-bond acceptors (Lipinski definition) is 2. The average Bonchev–Trinajstić information content (AvgIpc) is 2.33. The highest BCUT2D eigenvalue weighted by Crippen LogP contribution is 2.26. The first-order valence-corrected chi connectivity index (χ1v) is 10.7. The van der Waals surface area contributed by atoms with Gasteiger partial charge in [0.1, 0.15) is 0 Å². The monoisotopic (exact) mass is 263 g/mol. The van der Waals surface area contributed by atoms with Gasteiger partial charge in [0.25, 0.3) is 0 Å². The molecule has 0 N–H and O–H groups in total. The fourth-order valence-electron chi connectivity index (χ4n) is 2.40. The first-order chi connectivity index (χ1) is 8.56. The fourth-order valence-corrected chi connectivity index (χ4v) is 3.15. The number of ether oxygens (including phenoxy) is 1. The molecule has 1 aliphatic rings. The van der Waals surface area contributed by atoms with Gasteiger partial charge < -0.3 is 9.64 Å². The number of rotatable bonds is 5. The normalized spacial score (nSPS) is 15.6. The van der Waals surface area contributed by atoms with E-state index in [-0.39, 0.29) is 0 Å². The van der Waals surface area contributed by atoms with E-state index in [0.717, 1.165) is 19.4 Å². The Morgan fingerprint density at radius 2 is 2.00 bits per heavy atom. The van der Waals surface area contributed by atoms with Crippen molar-refractivity contribution in [2.24, 2.45) is 0 Å². The van der Waals surface area contributed by atoms with E-state index in [0.29, 0.717) is 0 Å². The molecule has 0 bridgehead atoms. The number of nitrogens with zero attached hydrogens (tertiary/aromatic N) is 1. The van der Waals surface area contributed by atoms with Gasteiger partial charge in [0.15, 0.2) is 0 Å². The van der Waals surface area contributed by atoms with E-state index in [2.05, 4.69) is 48.8 Å². The lowest BCUT2D eigenvalue weighted by atomic mass is 10.0. The summed E-state index contributed by atoms with van der Waals surface area (Å²) in [7, 11) is -1.06. The highest BCUT2D eigenvalue weighted by molar-refractivity contribution is 6.76. The molecule has 2 nitrogen and oxygen atoms in total. The second-order valence-electron chi connectivity index (χ2n) is 6.33. The second-order valence-corrected chi connectivity index (χ2v) is 11.7. The third-order valence-electron chi connectivity index (χ3n) is 3.25. The summed E-state index contributed by atoms with van der Waals surface area (Å²) in [4.78, 5) is 2.48. The van der Waals surface area contributed by atoms with E-state index < -0.39 is 8.07 Å². The standard InChI is InChI=1S/C15H25NOSi/c1-18(2,3)13-17-12-11-16-10-6-8-14-7-4-5-9-15(14)16/h4-5,7,9H,6,8,10-13H2,1-3H3. The molecule has 2 rings (SSSR count). The summed E-state index contributed by atoms with van der Waals surface area (Å²) in [5, 5.41) is 0. The fraction of sp³-hybridized carbons (Fsp3) is 0.600. The summed E-state index contributed by atoms with van der Waals surface area (Å²) < 4.78 is 5.84. The van der Waals surface area contributed by atoms with Gasteiger partial charge in [0.2, 0.25) is 0 Å². The van der Waals surface area contributed by atoms with Gasteiger partial charge in [-0.25, -0.2) is 0 Å². The molecule has 18 heavy (non-hydrogen) atoms. The Bertz CT molecular complexity index is 386. The van der Waals surface area contributed by atoms with E-state index >= 15 is 0 Å². The summed E-state index contributed by atoms with van der Waals surface area (Å²) in [6.07, 6.45) is 3.47. The predicted octanol–water partition coefficient (Wildman–Crippen LogP) is 3.33. The molecule has 0 amide bonds. The Labute approximate surface area is 112 Å². The van der Waals surface area contributed by atoms with Crippen LogP contribution in [0.15, 0.2) is 24.3 Å². The van der Waals surface area contributed by atoms with Gasteiger partial charge >= 0.3 is 0 Å². The summed E-state index contributed by atoms with van der Waals surface area (Å²) in [6, 6.07) is 8.78. The number of hydrogen-bond donors (Lipinski definition) is 0. The average molecular weight is 263 g/mol. The van der Waals surface area contributed by atoms with Crippen LogP contribution in [0, 0.1) is 0 Å². The van der Waals surface area contributed by atoms with Crippen LogP contribution in [-0.2, 0) is 11.2 Å². The van der Waals surface area contributed by atoms with Crippen LogP contribution in [0.4, 0.5) is 5.69 Å². The minimum Gasteiger partial charge on any atom is -0.383 e. The van der Waals surface area contributed by atoms with Crippen molar-refractivity contribution in [2.75, 3.05) is 30.8 Å². The first kappa shape index (κ1) is 13.6. The van der Waals surface area contributed by atoms with Crippen LogP contribution in [-0.4, -0.2) is 34.0 Å². The molecular weight excluding hydrogens is 238 g/mol. The zero-order valence-corrected chi connectivity index (χ0v) is 12.9. The quantitative estimate of drug-likeness (QED) is 0.597. The Morgan fingerprint density at radius 3 is 2.78 bits per heavy atom. The summed E-state index contributed by atoms with van der Waals surface area (Å²) in [5.41, 5.74) is 2.91. The van der Waals surface area contributed by atoms with Gasteiger partial charge in [-0.3, -0.25) is 0 Å². The Hall–Kier alpha value is -0.803. The molecule has 0 saturated carbocycles. The van der Waals surface area contributed by atoms with E-state index in [9.17, 15) is 0 Å². The van der Waals surface area contributed by atoms with Crippen molar-refractivity contribution in [3.8, 4) is 0 Å². The van der Waals surface area contributed by atoms with Crippen molar-refractivity contribution >= 4 is 13.8 Å². The van der Waals surface area contributed by atoms with Crippen molar-refractivity contribution in [3.63, 3.8) is 0 Å². The zero-order chi connectivity index (χ0) is 13.0. The number of para-hydroxylation sites is 1. The van der Waals surface area contributed by atoms with Gasteiger partial charge in [-0.05, 0) is 24.5 Å². The molecular formula is C15H25NOSi. The van der Waals surface area contributed by atoms with E-state index in [1.807, 2.05) is 0 Å². The zero-order valence-electron chi connectivity index (χ0n) is 11.9. The first-order valence-electron chi connectivity index (χ1n) is 6.97. The Balaban J connectivity index is 1.84. The Morgan fingerprint density at radius 1 is 1.22 bits per heavy atom. The molecule has 0 aliphatic carbocycles. The summed E-state index contributed by atoms with van der Waals surface area (Å²) in [5.74, 6) is 0. The molecule has 0 fully saturated rings. The summed E-state index contributed by atoms with van der Waals surface area (Å²) in [6.45, 7) is 10.1. The van der Waals surface area contributed by atoms with Gasteiger partial charge in [-0.2, -0.15) is 0 Å². The molecule has 0 radical (unpaired) electrons. The molecule has 1 aromatic rings. The molecule has 1 heterocycles. The van der Waals surface area contributed by atoms with Crippen LogP contribution in [0.2, 0.25) is 19.6 Å². The van der Waals surface area contributed by atoms with Crippen LogP contribution in [0.1, 0.15) is 12.0 Å². The molecule has 0 atom stereocenters. The van der Waals surface area contributed by atoms with E-state index in [4.69, 9.17) is 4.74 Å². The van der Waals surface area contributed by atoms with E-state index in [1.165, 1.54) is 30.6 Å². The molecule has 0 unspecified atom stereocenters. The highest BCUT2D eigenvalue weighted by Gasteiger charge is 2.17. The van der Waals surface area contributed by atoms with Crippen molar-refractivity contribution in [1.29, 1.82) is 0 Å². The van der Waals surface area contributed by atoms with Crippen molar-refractivity contribution in [3.05, 3.63) is 29.8 Å². The topological polar surface area (TPSA) is 12.5 Å². The van der Waals surface area contributed by atoms with E-state index in [1.54, 1.807) is 0 Å². The molecule has 1 aromatic carbocycles. The van der Waals surface area contributed by atoms with Gasteiger partial charge in [0.05, 0.1) is 14.7 Å². The molecule has 0 aromatic heterocycles. The van der Waals surface area contributed by atoms with Crippen LogP contribution >= 0.6 is 0 Å². The minimum absolute atomic E-state index is 0.860. The van der Waals surface area contributed by atoms with Crippen molar-refractivity contribution in [2.45, 2.75) is 32.5 Å². The summed E-state index contributed by atoms with van der Waals surface area (Å²) >= 11 is 0. The second kappa shape index (κ2) is 5.89. The number of anilines is 1. The third-order valence-corrected chi connectivity index (χ3v) is 4.32. The largest absolute Gasteiger partial charge is 0.383 e. The third kappa shape index (κ3) is 3.85. The maximum atomic E-state index is 5.84. The molecule has 3 heteroatoms. The smallest absolute Gasteiger partial charge is 0.0746 e. The lowest BCUT2D eigenvalue weighted by Gasteiger charge is -2.31. The van der Waals surface area contributed by atoms with Crippen LogP contribution in [0.5, 0.6) is 0 Å². The Kier molecular flexibility index (Phi) is 4.46. The van der Waals surface area contributed by atoms with Crippen LogP contribution in [0.25, 0.3) is 0 Å². The van der Waals surface area contributed by atoms with Gasteiger partial charge in [-0.1, -0.05) is 37.8 Å². The number of fused-ring (bicyclic) bond motifs is 1. The minimum atomic E-state index is -1.06. The number of benzene rings is 1. The van der Waals surface area contributed by atoms with Crippen LogP contribution < -0.4 is 4.90 Å². The number of aryl methyl sites for hydroxylation is 1. The van der Waals surface area contributed by atoms with Gasteiger partial charge in [-0.15, -0.1) is 0 Å². The van der Waals surface area contributed by atoms with Crippen molar-refractivity contribution < 1.29 is 4.74 Å². The van der Waals surface area contributed by atoms with Crippen molar-refractivity contribution in [1.82, 2.24) is 0 Å². The molecule has 0 saturated heterocycles.